The van der Waals surface area contributed by atoms with Crippen molar-refractivity contribution in [2.24, 2.45) is 5.92 Å². The van der Waals surface area contributed by atoms with Crippen LogP contribution in [0.3, 0.4) is 0 Å². The normalized spacial score (nSPS) is 19.9. The Morgan fingerprint density at radius 2 is 1.93 bits per heavy atom. The van der Waals surface area contributed by atoms with Crippen molar-refractivity contribution in [1.82, 2.24) is 19.4 Å². The number of halogens is 2. The number of aromatic nitrogens is 2. The van der Waals surface area contributed by atoms with E-state index in [0.717, 1.165) is 16.6 Å². The standard InChI is InChI=1S/C20H23F2N5O3/c1-24-10-13(8-18(24)28)19(29)26-6-4-25(5-7-26)14-2-3-15-16(9-14)23-12-27(20(15)30)11-17(21)22/h2-3,9,12-13,17H,4-8,10-11H2,1H3. The minimum atomic E-state index is -2.62. The Labute approximate surface area is 171 Å². The van der Waals surface area contributed by atoms with E-state index in [1.54, 1.807) is 35.0 Å². The van der Waals surface area contributed by atoms with Crippen molar-refractivity contribution in [2.45, 2.75) is 19.4 Å². The summed E-state index contributed by atoms with van der Waals surface area (Å²) in [7, 11) is 1.71. The van der Waals surface area contributed by atoms with Crippen LogP contribution < -0.4 is 10.5 Å². The first-order chi connectivity index (χ1) is 14.3. The summed E-state index contributed by atoms with van der Waals surface area (Å²) in [5.74, 6) is -0.246. The zero-order valence-electron chi connectivity index (χ0n) is 16.6. The Morgan fingerprint density at radius 1 is 1.20 bits per heavy atom. The number of hydrogen-bond donors (Lipinski definition) is 0. The maximum atomic E-state index is 12.7. The molecule has 10 heteroatoms. The molecule has 2 aliphatic heterocycles. The number of amides is 2. The van der Waals surface area contributed by atoms with Crippen LogP contribution in [0.25, 0.3) is 10.9 Å². The Kier molecular flexibility index (Phi) is 5.40. The highest BCUT2D eigenvalue weighted by Gasteiger charge is 2.35. The van der Waals surface area contributed by atoms with Crippen molar-refractivity contribution in [1.29, 1.82) is 0 Å². The van der Waals surface area contributed by atoms with Gasteiger partial charge in [-0.05, 0) is 18.2 Å². The molecule has 8 nitrogen and oxygen atoms in total. The summed E-state index contributed by atoms with van der Waals surface area (Å²) >= 11 is 0. The van der Waals surface area contributed by atoms with Gasteiger partial charge in [0.1, 0.15) is 0 Å². The van der Waals surface area contributed by atoms with Gasteiger partial charge in [-0.15, -0.1) is 0 Å². The maximum Gasteiger partial charge on any atom is 0.261 e. The summed E-state index contributed by atoms with van der Waals surface area (Å²) in [6.45, 7) is 2.13. The number of likely N-dealkylation sites (tertiary alicyclic amines) is 1. The summed E-state index contributed by atoms with van der Waals surface area (Å²) in [6.07, 6.45) is -1.20. The zero-order valence-corrected chi connectivity index (χ0v) is 16.6. The average Bonchev–Trinajstić information content (AvgIpc) is 3.07. The van der Waals surface area contributed by atoms with E-state index in [2.05, 4.69) is 9.88 Å². The summed E-state index contributed by atoms with van der Waals surface area (Å²) in [6, 6.07) is 5.16. The molecule has 1 aromatic carbocycles. The van der Waals surface area contributed by atoms with Crippen molar-refractivity contribution in [3.63, 3.8) is 0 Å². The van der Waals surface area contributed by atoms with Gasteiger partial charge < -0.3 is 14.7 Å². The van der Waals surface area contributed by atoms with Crippen LogP contribution in [0, 0.1) is 5.92 Å². The number of hydrogen-bond acceptors (Lipinski definition) is 5. The van der Waals surface area contributed by atoms with E-state index in [9.17, 15) is 23.2 Å². The number of anilines is 1. The Morgan fingerprint density at radius 3 is 2.57 bits per heavy atom. The first-order valence-electron chi connectivity index (χ1n) is 9.88. The van der Waals surface area contributed by atoms with E-state index in [1.807, 2.05) is 0 Å². The lowest BCUT2D eigenvalue weighted by molar-refractivity contribution is -0.136. The predicted molar refractivity (Wildman–Crippen MR) is 107 cm³/mol. The highest BCUT2D eigenvalue weighted by Crippen LogP contribution is 2.23. The number of rotatable bonds is 4. The molecule has 3 heterocycles. The topological polar surface area (TPSA) is 78.8 Å². The molecule has 0 radical (unpaired) electrons. The minimum Gasteiger partial charge on any atom is -0.368 e. The Balaban J connectivity index is 1.44. The molecule has 0 bridgehead atoms. The van der Waals surface area contributed by atoms with E-state index in [1.165, 1.54) is 0 Å². The number of fused-ring (bicyclic) bond motifs is 1. The molecule has 0 N–H and O–H groups in total. The Hall–Kier alpha value is -3.04. The van der Waals surface area contributed by atoms with E-state index in [-0.39, 0.29) is 24.2 Å². The van der Waals surface area contributed by atoms with Crippen molar-refractivity contribution in [3.8, 4) is 0 Å². The zero-order chi connectivity index (χ0) is 21.4. The van der Waals surface area contributed by atoms with Crippen LogP contribution in [0.4, 0.5) is 14.5 Å². The van der Waals surface area contributed by atoms with Gasteiger partial charge in [0, 0.05) is 51.9 Å². The van der Waals surface area contributed by atoms with Crippen LogP contribution in [0.1, 0.15) is 6.42 Å². The molecule has 0 spiro atoms. The molecule has 2 aliphatic rings. The molecular weight excluding hydrogens is 396 g/mol. The third-order valence-electron chi connectivity index (χ3n) is 5.79. The number of carbonyl (C=O) groups excluding carboxylic acids is 2. The first-order valence-corrected chi connectivity index (χ1v) is 9.88. The maximum absolute atomic E-state index is 12.7. The van der Waals surface area contributed by atoms with Crippen LogP contribution in [-0.2, 0) is 16.1 Å². The van der Waals surface area contributed by atoms with Gasteiger partial charge >= 0.3 is 0 Å². The average molecular weight is 419 g/mol. The second-order valence-electron chi connectivity index (χ2n) is 7.78. The lowest BCUT2D eigenvalue weighted by atomic mass is 10.1. The minimum absolute atomic E-state index is 0.00302. The Bertz CT molecular complexity index is 1030. The van der Waals surface area contributed by atoms with Gasteiger partial charge in [0.15, 0.2) is 0 Å². The lowest BCUT2D eigenvalue weighted by Crippen LogP contribution is -2.50. The van der Waals surface area contributed by atoms with Crippen LogP contribution in [0.15, 0.2) is 29.3 Å². The molecule has 2 saturated heterocycles. The van der Waals surface area contributed by atoms with Gasteiger partial charge in [0.05, 0.1) is 29.7 Å². The van der Waals surface area contributed by atoms with Gasteiger partial charge in [-0.1, -0.05) is 0 Å². The van der Waals surface area contributed by atoms with Gasteiger partial charge in [0.25, 0.3) is 12.0 Å². The molecule has 0 aliphatic carbocycles. The largest absolute Gasteiger partial charge is 0.368 e. The molecule has 30 heavy (non-hydrogen) atoms. The fourth-order valence-electron chi connectivity index (χ4n) is 4.09. The second kappa shape index (κ2) is 8.00. The van der Waals surface area contributed by atoms with Crippen LogP contribution in [0.5, 0.6) is 0 Å². The highest BCUT2D eigenvalue weighted by molar-refractivity contribution is 5.89. The third-order valence-corrected chi connectivity index (χ3v) is 5.79. The molecular formula is C20H23F2N5O3. The predicted octanol–water partition coefficient (Wildman–Crippen LogP) is 0.788. The molecule has 2 amide bonds. The number of carbonyl (C=O) groups is 2. The molecule has 2 aromatic rings. The van der Waals surface area contributed by atoms with E-state index in [4.69, 9.17) is 0 Å². The van der Waals surface area contributed by atoms with Crippen LogP contribution >= 0.6 is 0 Å². The second-order valence-corrected chi connectivity index (χ2v) is 7.78. The van der Waals surface area contributed by atoms with Crippen molar-refractivity contribution in [3.05, 3.63) is 34.9 Å². The first kappa shape index (κ1) is 20.2. The lowest BCUT2D eigenvalue weighted by Gasteiger charge is -2.37. The molecule has 160 valence electrons. The number of benzene rings is 1. The molecule has 1 unspecified atom stereocenters. The SMILES string of the molecule is CN1CC(C(=O)N2CCN(c3ccc4c(=O)n(CC(F)F)cnc4c3)CC2)CC1=O. The van der Waals surface area contributed by atoms with Gasteiger partial charge in [-0.2, -0.15) is 0 Å². The molecule has 4 rings (SSSR count). The molecule has 0 saturated carbocycles. The van der Waals surface area contributed by atoms with Gasteiger partial charge in [0.2, 0.25) is 11.8 Å². The monoisotopic (exact) mass is 419 g/mol. The summed E-state index contributed by atoms with van der Waals surface area (Å²) < 4.78 is 26.1. The van der Waals surface area contributed by atoms with Crippen molar-refractivity contribution < 1.29 is 18.4 Å². The number of piperazine rings is 1. The smallest absolute Gasteiger partial charge is 0.261 e. The van der Waals surface area contributed by atoms with Gasteiger partial charge in [-0.25, -0.2) is 13.8 Å². The fraction of sp³-hybridized carbons (Fsp3) is 0.500. The van der Waals surface area contributed by atoms with Gasteiger partial charge in [-0.3, -0.25) is 19.0 Å². The van der Waals surface area contributed by atoms with E-state index < -0.39 is 18.5 Å². The summed E-state index contributed by atoms with van der Waals surface area (Å²) in [4.78, 5) is 46.4. The van der Waals surface area contributed by atoms with Crippen molar-refractivity contribution >= 4 is 28.4 Å². The van der Waals surface area contributed by atoms with Crippen LogP contribution in [0.2, 0.25) is 0 Å². The summed E-state index contributed by atoms with van der Waals surface area (Å²) in [5.41, 5.74) is 0.830. The number of alkyl halides is 2. The fourth-order valence-corrected chi connectivity index (χ4v) is 4.09. The van der Waals surface area contributed by atoms with Crippen molar-refractivity contribution in [2.75, 3.05) is 44.7 Å². The molecule has 1 atom stereocenters. The van der Waals surface area contributed by atoms with Crippen LogP contribution in [-0.4, -0.2) is 77.4 Å². The van der Waals surface area contributed by atoms with E-state index >= 15 is 0 Å². The number of nitrogens with zero attached hydrogens (tertiary/aromatic N) is 5. The quantitative estimate of drug-likeness (QED) is 0.732. The highest BCUT2D eigenvalue weighted by atomic mass is 19.3. The summed E-state index contributed by atoms with van der Waals surface area (Å²) in [5, 5.41) is 0.297. The molecule has 2 fully saturated rings. The molecule has 1 aromatic heterocycles. The third kappa shape index (κ3) is 3.86. The van der Waals surface area contributed by atoms with E-state index in [0.29, 0.717) is 43.6 Å².